The van der Waals surface area contributed by atoms with Crippen LogP contribution in [0.2, 0.25) is 0 Å². The quantitative estimate of drug-likeness (QED) is 0.858. The third-order valence-corrected chi connectivity index (χ3v) is 5.36. The smallest absolute Gasteiger partial charge is 0.239 e. The number of likely N-dealkylation sites (tertiary alicyclic amines) is 2. The molecule has 2 fully saturated rings. The highest BCUT2D eigenvalue weighted by Crippen LogP contribution is 2.28. The Morgan fingerprint density at radius 1 is 1.20 bits per heavy atom. The van der Waals surface area contributed by atoms with Gasteiger partial charge in [0.1, 0.15) is 0 Å². The third kappa shape index (κ3) is 3.01. The fraction of sp³-hybridized carbons (Fsp3) is 0.938. The molecule has 0 saturated carbocycles. The Hall–Kier alpha value is -0.610. The molecule has 0 aromatic carbocycles. The molecule has 1 amide bonds. The maximum Gasteiger partial charge on any atom is 0.239 e. The van der Waals surface area contributed by atoms with Gasteiger partial charge in [-0.25, -0.2) is 0 Å². The Kier molecular flexibility index (Phi) is 5.08. The molecule has 2 heterocycles. The molecular weight excluding hydrogens is 250 g/mol. The monoisotopic (exact) mass is 281 g/mol. The third-order valence-electron chi connectivity index (χ3n) is 5.36. The fourth-order valence-electron chi connectivity index (χ4n) is 4.11. The van der Waals surface area contributed by atoms with Crippen molar-refractivity contribution in [3.63, 3.8) is 0 Å². The van der Waals surface area contributed by atoms with Gasteiger partial charge in [-0.3, -0.25) is 9.69 Å². The van der Waals surface area contributed by atoms with Crippen molar-refractivity contribution in [1.29, 1.82) is 0 Å². The van der Waals surface area contributed by atoms with E-state index in [-0.39, 0.29) is 18.0 Å². The molecule has 5 unspecified atom stereocenters. The number of amides is 1. The molecule has 2 aliphatic heterocycles. The Balaban J connectivity index is 2.05. The summed E-state index contributed by atoms with van der Waals surface area (Å²) >= 11 is 0. The van der Waals surface area contributed by atoms with Gasteiger partial charge in [-0.2, -0.15) is 0 Å². The lowest BCUT2D eigenvalue weighted by Gasteiger charge is -2.42. The fourth-order valence-corrected chi connectivity index (χ4v) is 4.11. The van der Waals surface area contributed by atoms with Crippen LogP contribution >= 0.6 is 0 Å². The summed E-state index contributed by atoms with van der Waals surface area (Å²) in [6.45, 7) is 10.3. The van der Waals surface area contributed by atoms with E-state index in [1.165, 1.54) is 12.8 Å². The van der Waals surface area contributed by atoms with E-state index in [4.69, 9.17) is 5.73 Å². The first-order valence-electron chi connectivity index (χ1n) is 8.23. The van der Waals surface area contributed by atoms with Gasteiger partial charge in [0, 0.05) is 31.2 Å². The van der Waals surface area contributed by atoms with Crippen LogP contribution in [0.4, 0.5) is 0 Å². The van der Waals surface area contributed by atoms with Gasteiger partial charge in [-0.1, -0.05) is 6.92 Å². The standard InChI is InChI=1S/C16H31N3O/c1-11-7-8-18(15(9-11)10-17)16(20)14(4)19-12(2)5-6-13(19)3/h11-15H,5-10,17H2,1-4H3. The molecule has 0 aromatic heterocycles. The van der Waals surface area contributed by atoms with E-state index in [0.717, 1.165) is 19.4 Å². The molecule has 2 N–H and O–H groups in total. The van der Waals surface area contributed by atoms with Gasteiger partial charge >= 0.3 is 0 Å². The van der Waals surface area contributed by atoms with Crippen molar-refractivity contribution < 1.29 is 4.79 Å². The van der Waals surface area contributed by atoms with Crippen molar-refractivity contribution in [2.75, 3.05) is 13.1 Å². The maximum atomic E-state index is 12.9. The number of hydrogen-bond donors (Lipinski definition) is 1. The highest BCUT2D eigenvalue weighted by Gasteiger charge is 2.38. The predicted molar refractivity (Wildman–Crippen MR) is 82.4 cm³/mol. The van der Waals surface area contributed by atoms with Gasteiger partial charge in [-0.05, 0) is 52.4 Å². The minimum atomic E-state index is -0.00930. The van der Waals surface area contributed by atoms with E-state index in [2.05, 4.69) is 37.5 Å². The zero-order chi connectivity index (χ0) is 14.9. The normalized spacial score (nSPS) is 37.1. The van der Waals surface area contributed by atoms with Crippen LogP contribution < -0.4 is 5.73 Å². The van der Waals surface area contributed by atoms with Crippen LogP contribution in [-0.2, 0) is 4.79 Å². The van der Waals surface area contributed by atoms with Gasteiger partial charge in [0.05, 0.1) is 6.04 Å². The molecule has 5 atom stereocenters. The largest absolute Gasteiger partial charge is 0.337 e. The van der Waals surface area contributed by atoms with Crippen molar-refractivity contribution >= 4 is 5.91 Å². The summed E-state index contributed by atoms with van der Waals surface area (Å²) in [4.78, 5) is 17.3. The predicted octanol–water partition coefficient (Wildman–Crippen LogP) is 1.83. The van der Waals surface area contributed by atoms with Crippen LogP contribution in [0.5, 0.6) is 0 Å². The van der Waals surface area contributed by atoms with Gasteiger partial charge in [-0.15, -0.1) is 0 Å². The molecule has 116 valence electrons. The second-order valence-corrected chi connectivity index (χ2v) is 6.95. The minimum Gasteiger partial charge on any atom is -0.337 e. The molecule has 4 nitrogen and oxygen atoms in total. The summed E-state index contributed by atoms with van der Waals surface area (Å²) < 4.78 is 0. The lowest BCUT2D eigenvalue weighted by molar-refractivity contribution is -0.141. The molecular formula is C16H31N3O. The number of rotatable bonds is 3. The molecule has 0 spiro atoms. The van der Waals surface area contributed by atoms with Crippen LogP contribution in [0, 0.1) is 5.92 Å². The number of piperidine rings is 1. The summed E-state index contributed by atoms with van der Waals surface area (Å²) in [5, 5.41) is 0. The first-order chi connectivity index (χ1) is 9.45. The number of nitrogens with zero attached hydrogens (tertiary/aromatic N) is 2. The summed E-state index contributed by atoms with van der Waals surface area (Å²) in [7, 11) is 0. The SMILES string of the molecule is CC1CCN(C(=O)C(C)N2C(C)CCC2C)C(CN)C1. The van der Waals surface area contributed by atoms with E-state index < -0.39 is 0 Å². The van der Waals surface area contributed by atoms with Crippen LogP contribution in [0.1, 0.15) is 53.4 Å². The first kappa shape index (κ1) is 15.8. The Bertz CT molecular complexity index is 337. The van der Waals surface area contributed by atoms with Crippen LogP contribution in [0.25, 0.3) is 0 Å². The van der Waals surface area contributed by atoms with E-state index in [1.807, 2.05) is 0 Å². The lowest BCUT2D eigenvalue weighted by Crippen LogP contribution is -2.56. The van der Waals surface area contributed by atoms with Crippen molar-refractivity contribution in [3.8, 4) is 0 Å². The summed E-state index contributed by atoms with van der Waals surface area (Å²) in [6, 6.07) is 1.26. The molecule has 20 heavy (non-hydrogen) atoms. The van der Waals surface area contributed by atoms with Gasteiger partial charge in [0.15, 0.2) is 0 Å². The number of carbonyl (C=O) groups excluding carboxylic acids is 1. The van der Waals surface area contributed by atoms with Crippen molar-refractivity contribution in [2.24, 2.45) is 11.7 Å². The van der Waals surface area contributed by atoms with Gasteiger partial charge in [0.2, 0.25) is 5.91 Å². The molecule has 0 aromatic rings. The van der Waals surface area contributed by atoms with E-state index in [1.54, 1.807) is 0 Å². The molecule has 0 aliphatic carbocycles. The minimum absolute atomic E-state index is 0.00930. The van der Waals surface area contributed by atoms with Crippen molar-refractivity contribution in [2.45, 2.75) is 77.5 Å². The Labute approximate surface area is 123 Å². The van der Waals surface area contributed by atoms with E-state index in [9.17, 15) is 4.79 Å². The Morgan fingerprint density at radius 2 is 1.80 bits per heavy atom. The summed E-state index contributed by atoms with van der Waals surface area (Å²) in [5.41, 5.74) is 5.89. The highest BCUT2D eigenvalue weighted by atomic mass is 16.2. The molecule has 2 rings (SSSR count). The van der Waals surface area contributed by atoms with Crippen LogP contribution in [0.3, 0.4) is 0 Å². The van der Waals surface area contributed by atoms with Crippen LogP contribution in [0.15, 0.2) is 0 Å². The van der Waals surface area contributed by atoms with Crippen molar-refractivity contribution in [3.05, 3.63) is 0 Å². The maximum absolute atomic E-state index is 12.9. The van der Waals surface area contributed by atoms with E-state index in [0.29, 0.717) is 24.5 Å². The van der Waals surface area contributed by atoms with Gasteiger partial charge < -0.3 is 10.6 Å². The van der Waals surface area contributed by atoms with Crippen LogP contribution in [-0.4, -0.2) is 53.0 Å². The van der Waals surface area contributed by atoms with E-state index >= 15 is 0 Å². The zero-order valence-corrected chi connectivity index (χ0v) is 13.5. The number of carbonyl (C=O) groups is 1. The number of hydrogen-bond acceptors (Lipinski definition) is 3. The first-order valence-corrected chi connectivity index (χ1v) is 8.23. The zero-order valence-electron chi connectivity index (χ0n) is 13.5. The molecule has 4 heteroatoms. The topological polar surface area (TPSA) is 49.6 Å². The van der Waals surface area contributed by atoms with Gasteiger partial charge in [0.25, 0.3) is 0 Å². The average molecular weight is 281 g/mol. The second-order valence-electron chi connectivity index (χ2n) is 6.95. The number of nitrogens with two attached hydrogens (primary N) is 1. The van der Waals surface area contributed by atoms with Crippen molar-refractivity contribution in [1.82, 2.24) is 9.80 Å². The molecule has 0 radical (unpaired) electrons. The average Bonchev–Trinajstić information content (AvgIpc) is 2.76. The molecule has 2 aliphatic rings. The molecule has 0 bridgehead atoms. The summed E-state index contributed by atoms with van der Waals surface area (Å²) in [5.74, 6) is 0.973. The summed E-state index contributed by atoms with van der Waals surface area (Å²) in [6.07, 6.45) is 4.58. The molecule has 2 saturated heterocycles. The lowest BCUT2D eigenvalue weighted by atomic mass is 9.92. The highest BCUT2D eigenvalue weighted by molar-refractivity contribution is 5.82. The second kappa shape index (κ2) is 6.44. The Morgan fingerprint density at radius 3 is 2.35 bits per heavy atom.